The average Bonchev–Trinajstić information content (AvgIpc) is 2.70. The average molecular weight is 401 g/mol. The van der Waals surface area contributed by atoms with Gasteiger partial charge in [0.15, 0.2) is 0 Å². The second-order valence-corrected chi connectivity index (χ2v) is 9.58. The highest BCUT2D eigenvalue weighted by molar-refractivity contribution is 7.89. The van der Waals surface area contributed by atoms with Crippen LogP contribution in [0.5, 0.6) is 0 Å². The van der Waals surface area contributed by atoms with Gasteiger partial charge in [-0.1, -0.05) is 38.5 Å². The molecule has 1 N–H and O–H groups in total. The van der Waals surface area contributed by atoms with Crippen LogP contribution in [0.25, 0.3) is 0 Å². The smallest absolute Gasteiger partial charge is 0.255 e. The van der Waals surface area contributed by atoms with E-state index >= 15 is 0 Å². The first kappa shape index (κ1) is 20.6. The highest BCUT2D eigenvalue weighted by Gasteiger charge is 2.26. The van der Waals surface area contributed by atoms with E-state index in [0.29, 0.717) is 18.7 Å². The first-order chi connectivity index (χ1) is 13.3. The molecule has 0 saturated carbocycles. The number of benzene rings is 2. The van der Waals surface area contributed by atoms with Gasteiger partial charge in [-0.05, 0) is 61.1 Å². The van der Waals surface area contributed by atoms with Crippen molar-refractivity contribution in [3.8, 4) is 0 Å². The zero-order valence-corrected chi connectivity index (χ0v) is 17.6. The van der Waals surface area contributed by atoms with E-state index in [0.717, 1.165) is 36.1 Å². The first-order valence-electron chi connectivity index (χ1n) is 9.82. The molecule has 2 aromatic rings. The summed E-state index contributed by atoms with van der Waals surface area (Å²) >= 11 is 0. The lowest BCUT2D eigenvalue weighted by Gasteiger charge is -2.25. The molecule has 0 aliphatic carbocycles. The monoisotopic (exact) mass is 400 g/mol. The molecule has 0 unspecified atom stereocenters. The van der Waals surface area contributed by atoms with Gasteiger partial charge < -0.3 is 5.32 Å². The number of hydrogen-bond donors (Lipinski definition) is 1. The number of para-hydroxylation sites is 1. The molecule has 0 radical (unpaired) electrons. The highest BCUT2D eigenvalue weighted by atomic mass is 32.2. The van der Waals surface area contributed by atoms with Gasteiger partial charge in [-0.2, -0.15) is 4.31 Å². The van der Waals surface area contributed by atoms with E-state index in [1.54, 1.807) is 12.1 Å². The third-order valence-electron chi connectivity index (χ3n) is 5.23. The molecule has 1 heterocycles. The van der Waals surface area contributed by atoms with Crippen LogP contribution in [0.1, 0.15) is 60.5 Å². The fraction of sp³-hybridized carbons (Fsp3) is 0.409. The van der Waals surface area contributed by atoms with Gasteiger partial charge in [0.2, 0.25) is 10.0 Å². The van der Waals surface area contributed by atoms with E-state index in [9.17, 15) is 13.2 Å². The molecular formula is C22H28N2O3S. The second kappa shape index (κ2) is 8.45. The highest BCUT2D eigenvalue weighted by Crippen LogP contribution is 2.28. The standard InChI is InChI=1S/C22H28N2O3S/c1-16(2)20-9-7-8-17(3)21(20)23-22(25)18-10-12-19(13-11-18)28(26,27)24-14-5-4-6-15-24/h7-13,16H,4-6,14-15H2,1-3H3,(H,23,25). The number of carbonyl (C=O) groups is 1. The largest absolute Gasteiger partial charge is 0.321 e. The van der Waals surface area contributed by atoms with Gasteiger partial charge in [0, 0.05) is 24.3 Å². The first-order valence-corrected chi connectivity index (χ1v) is 11.3. The number of sulfonamides is 1. The predicted molar refractivity (Wildman–Crippen MR) is 112 cm³/mol. The molecule has 0 aromatic heterocycles. The molecule has 5 nitrogen and oxygen atoms in total. The number of nitrogens with one attached hydrogen (secondary N) is 1. The summed E-state index contributed by atoms with van der Waals surface area (Å²) in [7, 11) is -3.49. The maximum atomic E-state index is 12.7. The number of aryl methyl sites for hydroxylation is 1. The number of carbonyl (C=O) groups excluding carboxylic acids is 1. The molecule has 1 aliphatic rings. The van der Waals surface area contributed by atoms with Crippen LogP contribution in [0.2, 0.25) is 0 Å². The van der Waals surface area contributed by atoms with Crippen LogP contribution >= 0.6 is 0 Å². The van der Waals surface area contributed by atoms with E-state index in [1.165, 1.54) is 16.4 Å². The van der Waals surface area contributed by atoms with Crippen molar-refractivity contribution in [3.63, 3.8) is 0 Å². The Bertz CT molecular complexity index is 944. The normalized spacial score (nSPS) is 15.6. The van der Waals surface area contributed by atoms with Crippen molar-refractivity contribution in [2.24, 2.45) is 0 Å². The van der Waals surface area contributed by atoms with Crippen molar-refractivity contribution in [2.45, 2.75) is 50.8 Å². The van der Waals surface area contributed by atoms with Gasteiger partial charge >= 0.3 is 0 Å². The summed E-state index contributed by atoms with van der Waals surface area (Å²) in [6.45, 7) is 7.27. The Balaban J connectivity index is 1.80. The van der Waals surface area contributed by atoms with Crippen LogP contribution in [0.3, 0.4) is 0 Å². The fourth-order valence-corrected chi connectivity index (χ4v) is 5.08. The van der Waals surface area contributed by atoms with E-state index in [4.69, 9.17) is 0 Å². The van der Waals surface area contributed by atoms with Gasteiger partial charge in [-0.25, -0.2) is 8.42 Å². The molecule has 0 bridgehead atoms. The number of nitrogens with zero attached hydrogens (tertiary/aromatic N) is 1. The van der Waals surface area contributed by atoms with E-state index in [1.807, 2.05) is 25.1 Å². The van der Waals surface area contributed by atoms with Crippen LogP contribution < -0.4 is 5.32 Å². The lowest BCUT2D eigenvalue weighted by atomic mass is 9.98. The molecule has 1 aliphatic heterocycles. The third kappa shape index (κ3) is 4.28. The number of piperidine rings is 1. The topological polar surface area (TPSA) is 66.5 Å². The molecular weight excluding hydrogens is 372 g/mol. The minimum absolute atomic E-state index is 0.238. The Morgan fingerprint density at radius 3 is 2.25 bits per heavy atom. The molecule has 2 aromatic carbocycles. The van der Waals surface area contributed by atoms with Crippen molar-refractivity contribution in [2.75, 3.05) is 18.4 Å². The number of amides is 1. The number of anilines is 1. The van der Waals surface area contributed by atoms with Crippen molar-refractivity contribution >= 4 is 21.6 Å². The summed E-state index contributed by atoms with van der Waals surface area (Å²) < 4.78 is 27.0. The van der Waals surface area contributed by atoms with E-state index in [-0.39, 0.29) is 16.7 Å². The molecule has 0 spiro atoms. The zero-order chi connectivity index (χ0) is 20.3. The summed E-state index contributed by atoms with van der Waals surface area (Å²) in [6.07, 6.45) is 2.87. The quantitative estimate of drug-likeness (QED) is 0.801. The van der Waals surface area contributed by atoms with Gasteiger partial charge in [0.1, 0.15) is 0 Å². The molecule has 6 heteroatoms. The molecule has 28 heavy (non-hydrogen) atoms. The Labute approximate surface area is 167 Å². The molecule has 1 saturated heterocycles. The SMILES string of the molecule is Cc1cccc(C(C)C)c1NC(=O)c1ccc(S(=O)(=O)N2CCCCC2)cc1. The Morgan fingerprint density at radius 1 is 1.00 bits per heavy atom. The van der Waals surface area contributed by atoms with Crippen LogP contribution in [0.4, 0.5) is 5.69 Å². The van der Waals surface area contributed by atoms with Crippen LogP contribution in [0.15, 0.2) is 47.4 Å². The molecule has 0 atom stereocenters. The fourth-order valence-electron chi connectivity index (χ4n) is 3.56. The Morgan fingerprint density at radius 2 is 1.64 bits per heavy atom. The molecule has 1 fully saturated rings. The van der Waals surface area contributed by atoms with Gasteiger partial charge in [0.25, 0.3) is 5.91 Å². The Hall–Kier alpha value is -2.18. The van der Waals surface area contributed by atoms with Crippen LogP contribution in [0, 0.1) is 6.92 Å². The minimum Gasteiger partial charge on any atom is -0.321 e. The summed E-state index contributed by atoms with van der Waals surface area (Å²) in [5, 5.41) is 3.00. The maximum Gasteiger partial charge on any atom is 0.255 e. The van der Waals surface area contributed by atoms with Crippen molar-refractivity contribution < 1.29 is 13.2 Å². The maximum absolute atomic E-state index is 12.7. The van der Waals surface area contributed by atoms with Crippen LogP contribution in [-0.4, -0.2) is 31.7 Å². The number of hydrogen-bond acceptors (Lipinski definition) is 3. The third-order valence-corrected chi connectivity index (χ3v) is 7.15. The second-order valence-electron chi connectivity index (χ2n) is 7.64. The summed E-state index contributed by atoms with van der Waals surface area (Å²) in [4.78, 5) is 13.0. The zero-order valence-electron chi connectivity index (χ0n) is 16.7. The van der Waals surface area contributed by atoms with Gasteiger partial charge in [-0.3, -0.25) is 4.79 Å². The summed E-state index contributed by atoms with van der Waals surface area (Å²) in [5.74, 6) is 0.0467. The van der Waals surface area contributed by atoms with Crippen molar-refractivity contribution in [1.29, 1.82) is 0 Å². The van der Waals surface area contributed by atoms with E-state index < -0.39 is 10.0 Å². The van der Waals surface area contributed by atoms with Crippen LogP contribution in [-0.2, 0) is 10.0 Å². The molecule has 1 amide bonds. The molecule has 150 valence electrons. The summed E-state index contributed by atoms with van der Waals surface area (Å²) in [6, 6.07) is 12.2. The summed E-state index contributed by atoms with van der Waals surface area (Å²) in [5.41, 5.74) is 3.35. The van der Waals surface area contributed by atoms with Crippen molar-refractivity contribution in [3.05, 3.63) is 59.2 Å². The lowest BCUT2D eigenvalue weighted by Crippen LogP contribution is -2.35. The minimum atomic E-state index is -3.49. The van der Waals surface area contributed by atoms with Crippen molar-refractivity contribution in [1.82, 2.24) is 4.31 Å². The van der Waals surface area contributed by atoms with Gasteiger partial charge in [0.05, 0.1) is 4.90 Å². The molecule has 3 rings (SSSR count). The van der Waals surface area contributed by atoms with Gasteiger partial charge in [-0.15, -0.1) is 0 Å². The van der Waals surface area contributed by atoms with E-state index in [2.05, 4.69) is 19.2 Å². The predicted octanol–water partition coefficient (Wildman–Crippen LogP) is 4.55. The lowest BCUT2D eigenvalue weighted by molar-refractivity contribution is 0.102. The number of rotatable bonds is 5. The Kier molecular flexibility index (Phi) is 6.20.